The van der Waals surface area contributed by atoms with Crippen LogP contribution in [-0.4, -0.2) is 80.8 Å². The van der Waals surface area contributed by atoms with E-state index in [1.54, 1.807) is 18.2 Å². The number of hydrogen-bond donors (Lipinski definition) is 2. The molecule has 4 heterocycles. The van der Waals surface area contributed by atoms with E-state index < -0.39 is 15.8 Å². The maximum Gasteiger partial charge on any atom is 0.264 e. The van der Waals surface area contributed by atoms with Crippen LogP contribution in [0.4, 0.5) is 15.9 Å². The molecule has 14 heteroatoms. The van der Waals surface area contributed by atoms with Crippen LogP contribution in [0.25, 0.3) is 33.2 Å². The Morgan fingerprint density at radius 1 is 1.00 bits per heavy atom. The molecular weight excluding hydrogens is 590 g/mol. The summed E-state index contributed by atoms with van der Waals surface area (Å²) in [6.07, 6.45) is 7.70. The van der Waals surface area contributed by atoms with Gasteiger partial charge in [0, 0.05) is 50.0 Å². The largest absolute Gasteiger partial charge is 0.383 e. The molecule has 11 nitrogen and oxygen atoms in total. The first-order chi connectivity index (χ1) is 20.8. The predicted octanol–water partition coefficient (Wildman–Crippen LogP) is 4.36. The smallest absolute Gasteiger partial charge is 0.264 e. The lowest BCUT2D eigenvalue weighted by atomic mass is 9.89. The Labute approximate surface area is 252 Å². The molecule has 2 aliphatic rings. The predicted molar refractivity (Wildman–Crippen MR) is 166 cm³/mol. The third kappa shape index (κ3) is 5.22. The lowest BCUT2D eigenvalue weighted by molar-refractivity contribution is 0.0828. The number of sulfonamides is 1. The molecule has 0 amide bonds. The summed E-state index contributed by atoms with van der Waals surface area (Å²) in [5, 5.41) is 0.666. The second kappa shape index (κ2) is 11.1. The third-order valence-corrected chi connectivity index (χ3v) is 10.8. The van der Waals surface area contributed by atoms with Crippen LogP contribution in [0.15, 0.2) is 53.8 Å². The fraction of sp³-hybridized carbons (Fsp3) is 0.379. The maximum absolute atomic E-state index is 15.5. The number of nitrogens with two attached hydrogens (primary N) is 1. The van der Waals surface area contributed by atoms with Crippen LogP contribution in [0.1, 0.15) is 31.7 Å². The van der Waals surface area contributed by atoms with Gasteiger partial charge in [0.05, 0.1) is 22.8 Å². The highest BCUT2D eigenvalue weighted by Gasteiger charge is 2.30. The molecule has 5 aromatic rings. The van der Waals surface area contributed by atoms with Crippen molar-refractivity contribution >= 4 is 55.3 Å². The molecule has 0 bridgehead atoms. The molecule has 43 heavy (non-hydrogen) atoms. The van der Waals surface area contributed by atoms with Gasteiger partial charge in [0.15, 0.2) is 0 Å². The Morgan fingerprint density at radius 3 is 2.53 bits per heavy atom. The molecule has 0 spiro atoms. The van der Waals surface area contributed by atoms with E-state index in [4.69, 9.17) is 5.73 Å². The lowest BCUT2D eigenvalue weighted by Gasteiger charge is -2.41. The fourth-order valence-corrected chi connectivity index (χ4v) is 8.29. The number of benzene rings is 2. The number of nitrogens with one attached hydrogen (secondary N) is 1. The van der Waals surface area contributed by atoms with Crippen LogP contribution in [0.2, 0.25) is 0 Å². The summed E-state index contributed by atoms with van der Waals surface area (Å²) in [6, 6.07) is 9.95. The second-order valence-electron chi connectivity index (χ2n) is 11.4. The Kier molecular flexibility index (Phi) is 7.24. The SMILES string of the molecule is CN1CCN([C@H]2CC[C@@H](n3cc(-c4ccc(NS(=O)(=O)c5cccc6nsnc56)c(F)c4)c4c(N)ncnc43)CC2)CC1. The zero-order valence-corrected chi connectivity index (χ0v) is 25.3. The number of likely N-dealkylation sites (N-methyl/N-ethyl adjacent to an activating group) is 1. The first kappa shape index (κ1) is 28.1. The van der Waals surface area contributed by atoms with Crippen LogP contribution in [0.5, 0.6) is 0 Å². The minimum absolute atomic E-state index is 0.0578. The van der Waals surface area contributed by atoms with Crippen LogP contribution >= 0.6 is 11.7 Å². The molecule has 224 valence electrons. The van der Waals surface area contributed by atoms with E-state index >= 15 is 4.39 Å². The molecule has 0 radical (unpaired) electrons. The van der Waals surface area contributed by atoms with Gasteiger partial charge in [-0.3, -0.25) is 9.62 Å². The van der Waals surface area contributed by atoms with E-state index in [0.717, 1.165) is 69.2 Å². The minimum Gasteiger partial charge on any atom is -0.383 e. The van der Waals surface area contributed by atoms with Gasteiger partial charge < -0.3 is 15.2 Å². The van der Waals surface area contributed by atoms with Crippen molar-refractivity contribution in [3.63, 3.8) is 0 Å². The molecular formula is C29H32FN9O2S2. The van der Waals surface area contributed by atoms with Gasteiger partial charge in [-0.15, -0.1) is 0 Å². The monoisotopic (exact) mass is 621 g/mol. The van der Waals surface area contributed by atoms with E-state index in [0.29, 0.717) is 33.9 Å². The first-order valence-electron chi connectivity index (χ1n) is 14.4. The Bertz CT molecular complexity index is 1910. The number of halogens is 1. The number of fused-ring (bicyclic) bond motifs is 2. The van der Waals surface area contributed by atoms with E-state index in [1.165, 1.54) is 24.5 Å². The first-order valence-corrected chi connectivity index (χ1v) is 16.6. The van der Waals surface area contributed by atoms with Crippen LogP contribution < -0.4 is 10.5 Å². The molecule has 1 saturated heterocycles. The molecule has 0 atom stereocenters. The maximum atomic E-state index is 15.5. The zero-order valence-electron chi connectivity index (χ0n) is 23.6. The molecule has 3 aromatic heterocycles. The van der Waals surface area contributed by atoms with E-state index in [2.05, 4.69) is 44.9 Å². The summed E-state index contributed by atoms with van der Waals surface area (Å²) in [7, 11) is -1.94. The van der Waals surface area contributed by atoms with Gasteiger partial charge in [-0.05, 0) is 62.6 Å². The normalized spacial score (nSPS) is 20.6. The number of piperazine rings is 1. The van der Waals surface area contributed by atoms with Gasteiger partial charge in [-0.2, -0.15) is 8.75 Å². The summed E-state index contributed by atoms with van der Waals surface area (Å²) in [5.41, 5.74) is 8.89. The quantitative estimate of drug-likeness (QED) is 0.284. The molecule has 0 unspecified atom stereocenters. The molecule has 3 N–H and O–H groups in total. The van der Waals surface area contributed by atoms with Crippen molar-refractivity contribution in [2.75, 3.05) is 43.7 Å². The van der Waals surface area contributed by atoms with Gasteiger partial charge >= 0.3 is 0 Å². The number of nitrogens with zero attached hydrogens (tertiary/aromatic N) is 7. The highest BCUT2D eigenvalue weighted by molar-refractivity contribution is 7.93. The molecule has 7 rings (SSSR count). The summed E-state index contributed by atoms with van der Waals surface area (Å²) in [6.45, 7) is 4.44. The van der Waals surface area contributed by atoms with Crippen LogP contribution in [0.3, 0.4) is 0 Å². The van der Waals surface area contributed by atoms with E-state index in [-0.39, 0.29) is 22.1 Å². The fourth-order valence-electron chi connectivity index (χ4n) is 6.46. The lowest BCUT2D eigenvalue weighted by Crippen LogP contribution is -2.49. The molecule has 1 aliphatic heterocycles. The Hall–Kier alpha value is -3.72. The standard InChI is InChI=1S/C29H32FN9O2S2/c1-37-11-13-38(14-12-37)19-6-8-20(9-7-19)39-16-21(26-28(31)32-17-33-29(26)39)18-5-10-23(22(30)15-18)36-43(40,41)25-4-2-3-24-27(25)35-42-34-24/h2-5,10,15-17,19-20,36H,6-9,11-14H2,1H3,(H2,31,32,33)/t19-,20+. The van der Waals surface area contributed by atoms with Gasteiger partial charge in [-0.25, -0.2) is 22.8 Å². The minimum atomic E-state index is -4.11. The zero-order chi connectivity index (χ0) is 29.7. The highest BCUT2D eigenvalue weighted by atomic mass is 32.2. The van der Waals surface area contributed by atoms with Gasteiger partial charge in [-0.1, -0.05) is 12.1 Å². The molecule has 2 aromatic carbocycles. The summed E-state index contributed by atoms with van der Waals surface area (Å²) < 4.78 is 54.6. The van der Waals surface area contributed by atoms with Crippen molar-refractivity contribution in [2.24, 2.45) is 0 Å². The number of rotatable bonds is 6. The van der Waals surface area contributed by atoms with E-state index in [9.17, 15) is 8.42 Å². The summed E-state index contributed by atoms with van der Waals surface area (Å²) >= 11 is 0.920. The summed E-state index contributed by atoms with van der Waals surface area (Å²) in [5.74, 6) is -0.395. The van der Waals surface area contributed by atoms with Crippen LogP contribution in [0, 0.1) is 5.82 Å². The van der Waals surface area contributed by atoms with E-state index in [1.807, 2.05) is 6.20 Å². The van der Waals surface area contributed by atoms with Crippen LogP contribution in [-0.2, 0) is 10.0 Å². The average molecular weight is 622 g/mol. The number of hydrogen-bond acceptors (Lipinski definition) is 10. The summed E-state index contributed by atoms with van der Waals surface area (Å²) in [4.78, 5) is 13.8. The number of anilines is 2. The van der Waals surface area contributed by atoms with Crippen molar-refractivity contribution < 1.29 is 12.8 Å². The molecule has 1 saturated carbocycles. The molecule has 1 aliphatic carbocycles. The Morgan fingerprint density at radius 2 is 1.77 bits per heavy atom. The highest BCUT2D eigenvalue weighted by Crippen LogP contribution is 2.39. The van der Waals surface area contributed by atoms with Crippen molar-refractivity contribution in [3.8, 4) is 11.1 Å². The number of aromatic nitrogens is 5. The third-order valence-electron chi connectivity index (χ3n) is 8.82. The van der Waals surface area contributed by atoms with Gasteiger partial charge in [0.25, 0.3) is 10.0 Å². The topological polar surface area (TPSA) is 135 Å². The molecule has 2 fully saturated rings. The van der Waals surface area contributed by atoms with Crippen molar-refractivity contribution in [2.45, 2.75) is 42.7 Å². The average Bonchev–Trinajstić information content (AvgIpc) is 3.65. The Balaban J connectivity index is 1.16. The van der Waals surface area contributed by atoms with Gasteiger partial charge in [0.1, 0.15) is 39.5 Å². The van der Waals surface area contributed by atoms with Crippen molar-refractivity contribution in [1.29, 1.82) is 0 Å². The van der Waals surface area contributed by atoms with Crippen molar-refractivity contribution in [1.82, 2.24) is 33.1 Å². The second-order valence-corrected chi connectivity index (χ2v) is 13.6. The van der Waals surface area contributed by atoms with Gasteiger partial charge in [0.2, 0.25) is 0 Å². The number of nitrogen functional groups attached to an aromatic ring is 1. The van der Waals surface area contributed by atoms with Crippen molar-refractivity contribution in [3.05, 3.63) is 54.7 Å².